The summed E-state index contributed by atoms with van der Waals surface area (Å²) in [5.41, 5.74) is 0.451. The van der Waals surface area contributed by atoms with E-state index in [9.17, 15) is 13.6 Å². The molecule has 106 valence electrons. The van der Waals surface area contributed by atoms with Gasteiger partial charge in [-0.3, -0.25) is 10.1 Å². The van der Waals surface area contributed by atoms with Crippen LogP contribution in [0.25, 0.3) is 0 Å². The molecule has 0 aliphatic carbocycles. The van der Waals surface area contributed by atoms with Crippen molar-refractivity contribution in [3.63, 3.8) is 0 Å². The Morgan fingerprint density at radius 2 is 1.68 bits per heavy atom. The third-order valence-corrected chi connectivity index (χ3v) is 2.94. The van der Waals surface area contributed by atoms with E-state index in [-0.39, 0.29) is 12.0 Å². The van der Waals surface area contributed by atoms with Crippen LogP contribution in [-0.4, -0.2) is 19.1 Å². The van der Waals surface area contributed by atoms with E-state index in [2.05, 4.69) is 5.32 Å². The molecule has 0 spiro atoms. The highest BCUT2D eigenvalue weighted by atomic mass is 19.1. The molecule has 0 amide bonds. The molecule has 0 aromatic heterocycles. The molecule has 19 heavy (non-hydrogen) atoms. The average molecular weight is 271 g/mol. The van der Waals surface area contributed by atoms with Crippen molar-refractivity contribution in [1.82, 2.24) is 5.32 Å². The summed E-state index contributed by atoms with van der Waals surface area (Å²) >= 11 is 0. The Hall–Kier alpha value is -1.49. The minimum Gasteiger partial charge on any atom is -0.468 e. The van der Waals surface area contributed by atoms with Crippen molar-refractivity contribution >= 4 is 5.97 Å². The summed E-state index contributed by atoms with van der Waals surface area (Å²) < 4.78 is 31.0. The molecule has 0 heterocycles. The van der Waals surface area contributed by atoms with Gasteiger partial charge in [0, 0.05) is 12.1 Å². The fraction of sp³-hybridized carbons (Fsp3) is 0.500. The molecular weight excluding hydrogens is 252 g/mol. The quantitative estimate of drug-likeness (QED) is 0.837. The molecule has 1 aromatic carbocycles. The van der Waals surface area contributed by atoms with E-state index in [4.69, 9.17) is 4.74 Å². The second-order valence-corrected chi connectivity index (χ2v) is 4.84. The molecule has 5 heteroatoms. The lowest BCUT2D eigenvalue weighted by atomic mass is 10.0. The maximum Gasteiger partial charge on any atom is 0.323 e. The van der Waals surface area contributed by atoms with E-state index in [0.29, 0.717) is 5.56 Å². The van der Waals surface area contributed by atoms with Crippen LogP contribution >= 0.6 is 0 Å². The van der Waals surface area contributed by atoms with E-state index in [1.165, 1.54) is 19.2 Å². The van der Waals surface area contributed by atoms with Crippen LogP contribution in [0.15, 0.2) is 18.2 Å². The van der Waals surface area contributed by atoms with Gasteiger partial charge in [0.05, 0.1) is 7.11 Å². The summed E-state index contributed by atoms with van der Waals surface area (Å²) in [6.45, 7) is 5.48. The Bertz CT molecular complexity index is 429. The first kappa shape index (κ1) is 15.6. The number of methoxy groups -OCH3 is 1. The number of esters is 1. The number of hydrogen-bond acceptors (Lipinski definition) is 3. The number of ether oxygens (including phenoxy) is 1. The zero-order chi connectivity index (χ0) is 14.6. The van der Waals surface area contributed by atoms with Gasteiger partial charge in [-0.2, -0.15) is 0 Å². The fourth-order valence-electron chi connectivity index (χ4n) is 1.85. The highest BCUT2D eigenvalue weighted by Gasteiger charge is 2.25. The third kappa shape index (κ3) is 4.28. The zero-order valence-corrected chi connectivity index (χ0v) is 11.5. The zero-order valence-electron chi connectivity index (χ0n) is 11.5. The van der Waals surface area contributed by atoms with Crippen LogP contribution in [-0.2, 0) is 9.53 Å². The van der Waals surface area contributed by atoms with Crippen molar-refractivity contribution in [3.05, 3.63) is 35.4 Å². The Kier molecular flexibility index (Phi) is 5.42. The number of nitrogens with one attached hydrogen (secondary N) is 1. The highest BCUT2D eigenvalue weighted by molar-refractivity contribution is 5.76. The monoisotopic (exact) mass is 271 g/mol. The molecule has 1 rings (SSSR count). The number of hydrogen-bond donors (Lipinski definition) is 1. The Balaban J connectivity index is 2.87. The molecule has 2 atom stereocenters. The molecule has 2 unspecified atom stereocenters. The molecule has 0 saturated carbocycles. The highest BCUT2D eigenvalue weighted by Crippen LogP contribution is 2.18. The van der Waals surface area contributed by atoms with Gasteiger partial charge in [0.25, 0.3) is 0 Å². The fourth-order valence-corrected chi connectivity index (χ4v) is 1.85. The minimum absolute atomic E-state index is 0.00769. The summed E-state index contributed by atoms with van der Waals surface area (Å²) in [7, 11) is 1.31. The normalized spacial score (nSPS) is 14.3. The van der Waals surface area contributed by atoms with Gasteiger partial charge in [-0.15, -0.1) is 0 Å². The molecule has 0 aliphatic heterocycles. The van der Waals surface area contributed by atoms with Gasteiger partial charge in [0.2, 0.25) is 0 Å². The van der Waals surface area contributed by atoms with Crippen LogP contribution in [0.3, 0.4) is 0 Å². The Morgan fingerprint density at radius 3 is 2.11 bits per heavy atom. The van der Waals surface area contributed by atoms with Crippen molar-refractivity contribution in [1.29, 1.82) is 0 Å². The first-order chi connectivity index (χ1) is 8.85. The average Bonchev–Trinajstić information content (AvgIpc) is 2.33. The van der Waals surface area contributed by atoms with E-state index in [0.717, 1.165) is 6.07 Å². The number of halogens is 2. The summed E-state index contributed by atoms with van der Waals surface area (Å²) in [5.74, 6) is -1.65. The summed E-state index contributed by atoms with van der Waals surface area (Å²) in [6, 6.07) is 2.42. The van der Waals surface area contributed by atoms with Crippen LogP contribution < -0.4 is 5.32 Å². The molecule has 0 fully saturated rings. The van der Waals surface area contributed by atoms with Crippen LogP contribution in [0, 0.1) is 17.6 Å². The van der Waals surface area contributed by atoms with Gasteiger partial charge in [-0.1, -0.05) is 13.8 Å². The van der Waals surface area contributed by atoms with Crippen molar-refractivity contribution in [2.75, 3.05) is 7.11 Å². The van der Waals surface area contributed by atoms with Gasteiger partial charge >= 0.3 is 5.97 Å². The first-order valence-electron chi connectivity index (χ1n) is 6.15. The Labute approximate surface area is 112 Å². The molecule has 0 bridgehead atoms. The second kappa shape index (κ2) is 6.61. The van der Waals surface area contributed by atoms with E-state index < -0.39 is 23.6 Å². The maximum absolute atomic E-state index is 13.1. The van der Waals surface area contributed by atoms with E-state index in [1.54, 1.807) is 6.92 Å². The third-order valence-electron chi connectivity index (χ3n) is 2.94. The van der Waals surface area contributed by atoms with Gasteiger partial charge in [-0.25, -0.2) is 8.78 Å². The summed E-state index contributed by atoms with van der Waals surface area (Å²) in [6.07, 6.45) is 0. The lowest BCUT2D eigenvalue weighted by Crippen LogP contribution is -2.43. The Morgan fingerprint density at radius 1 is 1.16 bits per heavy atom. The van der Waals surface area contributed by atoms with Crippen LogP contribution in [0.5, 0.6) is 0 Å². The molecule has 0 saturated heterocycles. The molecular formula is C14H19F2NO2. The maximum atomic E-state index is 13.1. The lowest BCUT2D eigenvalue weighted by Gasteiger charge is -2.24. The largest absolute Gasteiger partial charge is 0.468 e. The summed E-state index contributed by atoms with van der Waals surface area (Å²) in [4.78, 5) is 11.6. The number of rotatable bonds is 5. The molecule has 1 N–H and O–H groups in total. The molecule has 0 radical (unpaired) electrons. The van der Waals surface area contributed by atoms with Gasteiger partial charge in [0.15, 0.2) is 0 Å². The van der Waals surface area contributed by atoms with Gasteiger partial charge in [-0.05, 0) is 30.5 Å². The van der Waals surface area contributed by atoms with Crippen molar-refractivity contribution < 1.29 is 18.3 Å². The predicted molar refractivity (Wildman–Crippen MR) is 68.6 cm³/mol. The van der Waals surface area contributed by atoms with Gasteiger partial charge in [0.1, 0.15) is 17.7 Å². The van der Waals surface area contributed by atoms with Crippen molar-refractivity contribution in [2.24, 2.45) is 5.92 Å². The van der Waals surface area contributed by atoms with Gasteiger partial charge < -0.3 is 4.74 Å². The SMILES string of the molecule is COC(=O)C(NC(C)c1cc(F)cc(F)c1)C(C)C. The number of benzene rings is 1. The number of carbonyl (C=O) groups excluding carboxylic acids is 1. The van der Waals surface area contributed by atoms with Crippen molar-refractivity contribution in [2.45, 2.75) is 32.9 Å². The molecule has 0 aliphatic rings. The summed E-state index contributed by atoms with van der Waals surface area (Å²) in [5, 5.41) is 3.03. The second-order valence-electron chi connectivity index (χ2n) is 4.84. The molecule has 3 nitrogen and oxygen atoms in total. The minimum atomic E-state index is -0.636. The smallest absolute Gasteiger partial charge is 0.323 e. The van der Waals surface area contributed by atoms with E-state index in [1.807, 2.05) is 13.8 Å². The van der Waals surface area contributed by atoms with Crippen molar-refractivity contribution in [3.8, 4) is 0 Å². The first-order valence-corrected chi connectivity index (χ1v) is 6.15. The number of carbonyl (C=O) groups is 1. The topological polar surface area (TPSA) is 38.3 Å². The standard InChI is InChI=1S/C14H19F2NO2/c1-8(2)13(14(18)19-4)17-9(3)10-5-11(15)7-12(16)6-10/h5-9,13,17H,1-4H3. The lowest BCUT2D eigenvalue weighted by molar-refractivity contribution is -0.144. The molecule has 1 aromatic rings. The van der Waals surface area contributed by atoms with Crippen LogP contribution in [0.4, 0.5) is 8.78 Å². The van der Waals surface area contributed by atoms with E-state index >= 15 is 0 Å². The predicted octanol–water partition coefficient (Wildman–Crippen LogP) is 2.81. The van der Waals surface area contributed by atoms with Crippen LogP contribution in [0.1, 0.15) is 32.4 Å². The van der Waals surface area contributed by atoms with Crippen LogP contribution in [0.2, 0.25) is 0 Å².